The molecule has 0 saturated heterocycles. The fourth-order valence-electron chi connectivity index (χ4n) is 1.96. The molecule has 20 heavy (non-hydrogen) atoms. The van der Waals surface area contributed by atoms with Gasteiger partial charge in [0.1, 0.15) is 5.70 Å². The molecule has 0 bridgehead atoms. The zero-order valence-corrected chi connectivity index (χ0v) is 12.9. The van der Waals surface area contributed by atoms with Crippen LogP contribution in [0.15, 0.2) is 23.9 Å². The van der Waals surface area contributed by atoms with Crippen LogP contribution in [0.1, 0.15) is 33.1 Å². The Bertz CT molecular complexity index is 368. The smallest absolute Gasteiger partial charge is 0.354 e. The lowest BCUT2D eigenvalue weighted by Crippen LogP contribution is -2.33. The maximum Gasteiger partial charge on any atom is 0.354 e. The predicted octanol–water partition coefficient (Wildman–Crippen LogP) is 2.28. The average molecular weight is 283 g/mol. The SMILES string of the molecule is C=CC/C(C(=O)OC)=C(\C(=O)OC)N(CCC)CCC. The highest BCUT2D eigenvalue weighted by molar-refractivity contribution is 6.00. The number of carbonyl (C=O) groups excluding carboxylic acids is 2. The van der Waals surface area contributed by atoms with Gasteiger partial charge in [-0.2, -0.15) is 0 Å². The molecule has 0 aliphatic rings. The normalized spacial score (nSPS) is 11.4. The highest BCUT2D eigenvalue weighted by Crippen LogP contribution is 2.18. The van der Waals surface area contributed by atoms with Crippen molar-refractivity contribution in [3.63, 3.8) is 0 Å². The summed E-state index contributed by atoms with van der Waals surface area (Å²) in [5.74, 6) is -1.04. The zero-order valence-electron chi connectivity index (χ0n) is 12.9. The van der Waals surface area contributed by atoms with E-state index in [1.54, 1.807) is 6.08 Å². The minimum Gasteiger partial charge on any atom is -0.466 e. The predicted molar refractivity (Wildman–Crippen MR) is 78.0 cm³/mol. The average Bonchev–Trinajstić information content (AvgIpc) is 2.45. The van der Waals surface area contributed by atoms with Crippen LogP contribution >= 0.6 is 0 Å². The first-order chi connectivity index (χ1) is 9.56. The molecule has 0 rings (SSSR count). The van der Waals surface area contributed by atoms with E-state index in [4.69, 9.17) is 9.47 Å². The van der Waals surface area contributed by atoms with E-state index in [9.17, 15) is 9.59 Å². The first-order valence-corrected chi connectivity index (χ1v) is 6.82. The van der Waals surface area contributed by atoms with Crippen molar-refractivity contribution >= 4 is 11.9 Å². The number of esters is 2. The third kappa shape index (κ3) is 5.07. The van der Waals surface area contributed by atoms with Crippen molar-refractivity contribution in [1.29, 1.82) is 0 Å². The Morgan fingerprint density at radius 1 is 1.05 bits per heavy atom. The highest BCUT2D eigenvalue weighted by Gasteiger charge is 2.26. The van der Waals surface area contributed by atoms with Crippen LogP contribution in [-0.4, -0.2) is 44.1 Å². The summed E-state index contributed by atoms with van der Waals surface area (Å²) in [5, 5.41) is 0. The van der Waals surface area contributed by atoms with Crippen LogP contribution in [0.4, 0.5) is 0 Å². The van der Waals surface area contributed by atoms with E-state index in [0.717, 1.165) is 12.8 Å². The molecule has 0 spiro atoms. The van der Waals surface area contributed by atoms with E-state index in [1.165, 1.54) is 14.2 Å². The molecule has 0 aromatic heterocycles. The topological polar surface area (TPSA) is 55.8 Å². The van der Waals surface area contributed by atoms with Gasteiger partial charge in [-0.1, -0.05) is 19.9 Å². The van der Waals surface area contributed by atoms with E-state index in [1.807, 2.05) is 18.7 Å². The molecule has 0 fully saturated rings. The van der Waals surface area contributed by atoms with E-state index in [2.05, 4.69) is 6.58 Å². The summed E-state index contributed by atoms with van der Waals surface area (Å²) < 4.78 is 9.60. The summed E-state index contributed by atoms with van der Waals surface area (Å²) in [6.45, 7) is 9.01. The van der Waals surface area contributed by atoms with Gasteiger partial charge in [0.2, 0.25) is 0 Å². The molecule has 0 radical (unpaired) electrons. The van der Waals surface area contributed by atoms with Gasteiger partial charge in [-0.05, 0) is 19.3 Å². The molecule has 0 atom stereocenters. The number of methoxy groups -OCH3 is 2. The molecule has 114 valence electrons. The molecule has 0 unspecified atom stereocenters. The largest absolute Gasteiger partial charge is 0.466 e. The third-order valence-electron chi connectivity index (χ3n) is 2.75. The molecule has 5 nitrogen and oxygen atoms in total. The summed E-state index contributed by atoms with van der Waals surface area (Å²) in [7, 11) is 2.60. The van der Waals surface area contributed by atoms with Gasteiger partial charge in [-0.25, -0.2) is 9.59 Å². The van der Waals surface area contributed by atoms with Crippen LogP contribution in [0.2, 0.25) is 0 Å². The lowest BCUT2D eigenvalue weighted by atomic mass is 10.1. The summed E-state index contributed by atoms with van der Waals surface area (Å²) in [4.78, 5) is 25.9. The van der Waals surface area contributed by atoms with Crippen molar-refractivity contribution in [3.05, 3.63) is 23.9 Å². The molecule has 0 aromatic rings. The fourth-order valence-corrected chi connectivity index (χ4v) is 1.96. The van der Waals surface area contributed by atoms with Crippen molar-refractivity contribution in [2.75, 3.05) is 27.3 Å². The van der Waals surface area contributed by atoms with Crippen LogP contribution in [0.25, 0.3) is 0 Å². The molecule has 0 saturated carbocycles. The van der Waals surface area contributed by atoms with E-state index in [0.29, 0.717) is 13.1 Å². The Balaban J connectivity index is 5.81. The van der Waals surface area contributed by atoms with Gasteiger partial charge in [-0.15, -0.1) is 6.58 Å². The maximum atomic E-state index is 12.1. The maximum absolute atomic E-state index is 12.1. The van der Waals surface area contributed by atoms with Gasteiger partial charge in [-0.3, -0.25) is 0 Å². The van der Waals surface area contributed by atoms with Gasteiger partial charge < -0.3 is 14.4 Å². The molecule has 0 N–H and O–H groups in total. The van der Waals surface area contributed by atoms with Crippen LogP contribution in [-0.2, 0) is 19.1 Å². The molecular weight excluding hydrogens is 258 g/mol. The highest BCUT2D eigenvalue weighted by atomic mass is 16.5. The first kappa shape index (κ1) is 18.2. The Hall–Kier alpha value is -1.78. The Kier molecular flexibility index (Phi) is 9.17. The second-order valence-corrected chi connectivity index (χ2v) is 4.29. The van der Waals surface area contributed by atoms with Crippen molar-refractivity contribution in [2.24, 2.45) is 0 Å². The van der Waals surface area contributed by atoms with E-state index in [-0.39, 0.29) is 17.7 Å². The number of carbonyl (C=O) groups is 2. The minimum atomic E-state index is -0.525. The summed E-state index contributed by atoms with van der Waals surface area (Å²) in [6.07, 6.45) is 3.57. The molecule has 0 aliphatic carbocycles. The van der Waals surface area contributed by atoms with Gasteiger partial charge in [0, 0.05) is 13.1 Å². The Labute approximate surface area is 121 Å². The van der Waals surface area contributed by atoms with Crippen LogP contribution in [0.3, 0.4) is 0 Å². The van der Waals surface area contributed by atoms with Crippen LogP contribution in [0.5, 0.6) is 0 Å². The lowest BCUT2D eigenvalue weighted by molar-refractivity contribution is -0.141. The number of rotatable bonds is 9. The van der Waals surface area contributed by atoms with Crippen LogP contribution in [0, 0.1) is 0 Å². The van der Waals surface area contributed by atoms with Crippen LogP contribution < -0.4 is 0 Å². The number of nitrogens with zero attached hydrogens (tertiary/aromatic N) is 1. The fraction of sp³-hybridized carbons (Fsp3) is 0.600. The standard InChI is InChI=1S/C15H25NO4/c1-6-9-12(14(17)19-4)13(15(18)20-5)16(10-7-2)11-8-3/h6H,1,7-11H2,2-5H3/b13-12-. The third-order valence-corrected chi connectivity index (χ3v) is 2.75. The van der Waals surface area contributed by atoms with Gasteiger partial charge >= 0.3 is 11.9 Å². The number of hydrogen-bond donors (Lipinski definition) is 0. The van der Waals surface area contributed by atoms with E-state index < -0.39 is 11.9 Å². The first-order valence-electron chi connectivity index (χ1n) is 6.82. The van der Waals surface area contributed by atoms with Gasteiger partial charge in [0.15, 0.2) is 0 Å². The minimum absolute atomic E-state index is 0.265. The number of allylic oxidation sites excluding steroid dienone is 1. The molecule has 0 aromatic carbocycles. The molecule has 0 amide bonds. The summed E-state index contributed by atoms with van der Waals surface area (Å²) >= 11 is 0. The van der Waals surface area contributed by atoms with Gasteiger partial charge in [0.05, 0.1) is 19.8 Å². The van der Waals surface area contributed by atoms with Gasteiger partial charge in [0.25, 0.3) is 0 Å². The number of hydrogen-bond acceptors (Lipinski definition) is 5. The van der Waals surface area contributed by atoms with Crippen molar-refractivity contribution < 1.29 is 19.1 Å². The lowest BCUT2D eigenvalue weighted by Gasteiger charge is -2.26. The Morgan fingerprint density at radius 3 is 1.90 bits per heavy atom. The van der Waals surface area contributed by atoms with E-state index >= 15 is 0 Å². The molecule has 5 heteroatoms. The summed E-state index contributed by atoms with van der Waals surface area (Å²) in [6, 6.07) is 0. The number of ether oxygens (including phenoxy) is 2. The quantitative estimate of drug-likeness (QED) is 0.369. The Morgan fingerprint density at radius 2 is 1.55 bits per heavy atom. The summed E-state index contributed by atoms with van der Waals surface area (Å²) in [5.41, 5.74) is 0.569. The van der Waals surface area contributed by atoms with Crippen molar-refractivity contribution in [2.45, 2.75) is 33.1 Å². The van der Waals surface area contributed by atoms with Crippen molar-refractivity contribution in [3.8, 4) is 0 Å². The molecule has 0 aliphatic heterocycles. The molecular formula is C15H25NO4. The molecule has 0 heterocycles. The monoisotopic (exact) mass is 283 g/mol. The zero-order chi connectivity index (χ0) is 15.5. The van der Waals surface area contributed by atoms with Crippen molar-refractivity contribution in [1.82, 2.24) is 4.90 Å². The second kappa shape index (κ2) is 10.1. The second-order valence-electron chi connectivity index (χ2n) is 4.29.